The van der Waals surface area contributed by atoms with Crippen LogP contribution in [0.25, 0.3) is 10.6 Å². The molecule has 0 spiro atoms. The lowest BCUT2D eigenvalue weighted by molar-refractivity contribution is 0.602. The fourth-order valence-electron chi connectivity index (χ4n) is 1.20. The number of hydrogen-bond donors (Lipinski definition) is 1. The zero-order chi connectivity index (χ0) is 11.8. The van der Waals surface area contributed by atoms with Crippen LogP contribution in [0.15, 0.2) is 29.2 Å². The molecule has 0 atom stereocenters. The van der Waals surface area contributed by atoms with Crippen LogP contribution in [0.5, 0.6) is 0 Å². The maximum atomic E-state index is 11.2. The zero-order valence-electron chi connectivity index (χ0n) is 8.41. The van der Waals surface area contributed by atoms with E-state index in [4.69, 9.17) is 5.73 Å². The van der Waals surface area contributed by atoms with Crippen molar-refractivity contribution < 1.29 is 8.42 Å². The second-order valence-electron chi connectivity index (χ2n) is 3.25. The van der Waals surface area contributed by atoms with Crippen molar-refractivity contribution in [2.45, 2.75) is 4.90 Å². The smallest absolute Gasteiger partial charge is 0.232 e. The minimum Gasteiger partial charge on any atom is -0.367 e. The summed E-state index contributed by atoms with van der Waals surface area (Å²) in [5.74, 6) is 0.229. The van der Waals surface area contributed by atoms with Crippen LogP contribution in [0.4, 0.5) is 5.95 Å². The van der Waals surface area contributed by atoms with Gasteiger partial charge in [0, 0.05) is 11.8 Å². The van der Waals surface area contributed by atoms with Crippen LogP contribution < -0.4 is 5.73 Å². The van der Waals surface area contributed by atoms with E-state index >= 15 is 0 Å². The van der Waals surface area contributed by atoms with Crippen molar-refractivity contribution in [2.24, 2.45) is 0 Å². The summed E-state index contributed by atoms with van der Waals surface area (Å²) in [7, 11) is -3.15. The third-order valence-electron chi connectivity index (χ3n) is 1.97. The first kappa shape index (κ1) is 11.0. The first-order valence-corrected chi connectivity index (χ1v) is 7.03. The number of hydrogen-bond acceptors (Lipinski definition) is 6. The molecule has 2 rings (SSSR count). The van der Waals surface area contributed by atoms with E-state index in [1.807, 2.05) is 0 Å². The Labute approximate surface area is 97.0 Å². The maximum Gasteiger partial charge on any atom is 0.232 e. The Kier molecular flexibility index (Phi) is 2.64. The molecular formula is C9H9N3O2S2. The SMILES string of the molecule is CS(=O)(=O)c1ccc(-c2nc(N)ns2)cc1. The summed E-state index contributed by atoms with van der Waals surface area (Å²) in [4.78, 5) is 4.29. The highest BCUT2D eigenvalue weighted by Crippen LogP contribution is 2.23. The molecule has 16 heavy (non-hydrogen) atoms. The molecule has 0 aliphatic heterocycles. The van der Waals surface area contributed by atoms with E-state index in [1.54, 1.807) is 24.3 Å². The van der Waals surface area contributed by atoms with Gasteiger partial charge >= 0.3 is 0 Å². The summed E-state index contributed by atoms with van der Waals surface area (Å²) in [6, 6.07) is 6.47. The van der Waals surface area contributed by atoms with Crippen LogP contribution in [-0.2, 0) is 9.84 Å². The minimum atomic E-state index is -3.15. The van der Waals surface area contributed by atoms with Gasteiger partial charge in [-0.05, 0) is 23.7 Å². The molecule has 0 aliphatic rings. The van der Waals surface area contributed by atoms with Crippen LogP contribution >= 0.6 is 11.5 Å². The van der Waals surface area contributed by atoms with E-state index in [9.17, 15) is 8.42 Å². The molecule has 2 N–H and O–H groups in total. The van der Waals surface area contributed by atoms with Gasteiger partial charge in [0.2, 0.25) is 5.95 Å². The number of anilines is 1. The van der Waals surface area contributed by atoms with Crippen LogP contribution in [0.2, 0.25) is 0 Å². The Morgan fingerprint density at radius 3 is 2.31 bits per heavy atom. The van der Waals surface area contributed by atoms with Gasteiger partial charge in [-0.25, -0.2) is 8.42 Å². The topological polar surface area (TPSA) is 85.9 Å². The van der Waals surface area contributed by atoms with Crippen LogP contribution in [0.1, 0.15) is 0 Å². The number of nitrogens with zero attached hydrogens (tertiary/aromatic N) is 2. The molecule has 7 heteroatoms. The van der Waals surface area contributed by atoms with Crippen molar-refractivity contribution >= 4 is 27.3 Å². The molecule has 0 saturated heterocycles. The Bertz CT molecular complexity index is 602. The summed E-state index contributed by atoms with van der Waals surface area (Å²) in [6.07, 6.45) is 1.17. The number of aromatic nitrogens is 2. The van der Waals surface area contributed by atoms with E-state index in [2.05, 4.69) is 9.36 Å². The third-order valence-corrected chi connectivity index (χ3v) is 3.88. The summed E-state index contributed by atoms with van der Waals surface area (Å²) >= 11 is 1.18. The fourth-order valence-corrected chi connectivity index (χ4v) is 2.42. The Balaban J connectivity index is 2.40. The van der Waals surface area contributed by atoms with Crippen molar-refractivity contribution in [1.82, 2.24) is 9.36 Å². The van der Waals surface area contributed by atoms with Crippen molar-refractivity contribution in [3.63, 3.8) is 0 Å². The highest BCUT2D eigenvalue weighted by atomic mass is 32.2. The molecular weight excluding hydrogens is 246 g/mol. The van der Waals surface area contributed by atoms with Crippen molar-refractivity contribution in [3.05, 3.63) is 24.3 Å². The fraction of sp³-hybridized carbons (Fsp3) is 0.111. The number of benzene rings is 1. The monoisotopic (exact) mass is 255 g/mol. The van der Waals surface area contributed by atoms with Gasteiger partial charge in [-0.3, -0.25) is 0 Å². The molecule has 2 aromatic rings. The zero-order valence-corrected chi connectivity index (χ0v) is 10.0. The molecule has 1 aromatic heterocycles. The molecule has 84 valence electrons. The van der Waals surface area contributed by atoms with Gasteiger partial charge in [-0.15, -0.1) is 0 Å². The number of rotatable bonds is 2. The van der Waals surface area contributed by atoms with E-state index < -0.39 is 9.84 Å². The lowest BCUT2D eigenvalue weighted by Crippen LogP contribution is -1.96. The summed E-state index contributed by atoms with van der Waals surface area (Å²) in [6.45, 7) is 0. The molecule has 0 aliphatic carbocycles. The second kappa shape index (κ2) is 3.84. The lowest BCUT2D eigenvalue weighted by atomic mass is 10.2. The normalized spacial score (nSPS) is 11.6. The number of nitrogens with two attached hydrogens (primary N) is 1. The summed E-state index contributed by atoms with van der Waals surface area (Å²) < 4.78 is 26.3. The van der Waals surface area contributed by atoms with Crippen LogP contribution in [0.3, 0.4) is 0 Å². The predicted molar refractivity (Wildman–Crippen MR) is 62.9 cm³/mol. The standard InChI is InChI=1S/C9H9N3O2S2/c1-16(13,14)7-4-2-6(3-5-7)8-11-9(10)12-15-8/h2-5H,1H3,(H2,10,12). The lowest BCUT2D eigenvalue weighted by Gasteiger charge is -1.99. The summed E-state index contributed by atoms with van der Waals surface area (Å²) in [5, 5.41) is 0.678. The van der Waals surface area contributed by atoms with Gasteiger partial charge < -0.3 is 5.73 Å². The molecule has 0 amide bonds. The Hall–Kier alpha value is -1.47. The van der Waals surface area contributed by atoms with Gasteiger partial charge in [0.1, 0.15) is 5.01 Å². The summed E-state index contributed by atoms with van der Waals surface area (Å²) in [5.41, 5.74) is 6.21. The maximum absolute atomic E-state index is 11.2. The molecule has 1 heterocycles. The van der Waals surface area contributed by atoms with Gasteiger partial charge in [-0.1, -0.05) is 12.1 Å². The predicted octanol–water partition coefficient (Wildman–Crippen LogP) is 1.19. The average molecular weight is 255 g/mol. The van der Waals surface area contributed by atoms with Crippen molar-refractivity contribution in [3.8, 4) is 10.6 Å². The van der Waals surface area contributed by atoms with Gasteiger partial charge in [0.05, 0.1) is 4.90 Å². The molecule has 0 bridgehead atoms. The van der Waals surface area contributed by atoms with E-state index in [-0.39, 0.29) is 10.8 Å². The minimum absolute atomic E-state index is 0.229. The Morgan fingerprint density at radius 2 is 1.88 bits per heavy atom. The molecule has 5 nitrogen and oxygen atoms in total. The molecule has 0 radical (unpaired) electrons. The van der Waals surface area contributed by atoms with Crippen LogP contribution in [-0.4, -0.2) is 24.0 Å². The first-order chi connectivity index (χ1) is 7.47. The van der Waals surface area contributed by atoms with Gasteiger partial charge in [0.15, 0.2) is 9.84 Å². The Morgan fingerprint density at radius 1 is 1.25 bits per heavy atom. The van der Waals surface area contributed by atoms with Crippen molar-refractivity contribution in [2.75, 3.05) is 12.0 Å². The number of nitrogen functional groups attached to an aromatic ring is 1. The van der Waals surface area contributed by atoms with Gasteiger partial charge in [-0.2, -0.15) is 9.36 Å². The first-order valence-electron chi connectivity index (χ1n) is 4.36. The van der Waals surface area contributed by atoms with Crippen LogP contribution in [0, 0.1) is 0 Å². The molecule has 0 saturated carbocycles. The molecule has 0 fully saturated rings. The molecule has 1 aromatic carbocycles. The highest BCUT2D eigenvalue weighted by molar-refractivity contribution is 7.90. The van der Waals surface area contributed by atoms with E-state index in [0.29, 0.717) is 5.01 Å². The van der Waals surface area contributed by atoms with Crippen molar-refractivity contribution in [1.29, 1.82) is 0 Å². The van der Waals surface area contributed by atoms with E-state index in [1.165, 1.54) is 17.8 Å². The van der Waals surface area contributed by atoms with Gasteiger partial charge in [0.25, 0.3) is 0 Å². The largest absolute Gasteiger partial charge is 0.367 e. The van der Waals surface area contributed by atoms with E-state index in [0.717, 1.165) is 5.56 Å². The highest BCUT2D eigenvalue weighted by Gasteiger charge is 2.08. The average Bonchev–Trinajstić information content (AvgIpc) is 2.64. The second-order valence-corrected chi connectivity index (χ2v) is 6.02. The quantitative estimate of drug-likeness (QED) is 0.871. The molecule has 0 unspecified atom stereocenters. The third kappa shape index (κ3) is 2.20. The number of sulfone groups is 1.